The van der Waals surface area contributed by atoms with Crippen LogP contribution < -0.4 is 16.4 Å². The van der Waals surface area contributed by atoms with Gasteiger partial charge in [-0.25, -0.2) is 0 Å². The Balaban J connectivity index is 2.41. The summed E-state index contributed by atoms with van der Waals surface area (Å²) in [5.74, 6) is 0.0409. The van der Waals surface area contributed by atoms with Crippen LogP contribution in [-0.2, 0) is 11.3 Å². The summed E-state index contributed by atoms with van der Waals surface area (Å²) in [5, 5.41) is 7.88. The van der Waals surface area contributed by atoms with Crippen molar-refractivity contribution in [2.75, 3.05) is 19.3 Å². The van der Waals surface area contributed by atoms with Gasteiger partial charge in [-0.2, -0.15) is 0 Å². The molecule has 0 aliphatic heterocycles. The maximum atomic E-state index is 11.5. The molecule has 0 fully saturated rings. The second-order valence-electron chi connectivity index (χ2n) is 4.37. The topological polar surface area (TPSA) is 67.2 Å². The van der Waals surface area contributed by atoms with Crippen LogP contribution in [0.15, 0.2) is 11.4 Å². The number of hydrogen-bond acceptors (Lipinski definition) is 4. The highest BCUT2D eigenvalue weighted by Crippen LogP contribution is 2.19. The minimum absolute atomic E-state index is 0.0409. The molecule has 0 atom stereocenters. The molecule has 0 saturated heterocycles. The normalized spacial score (nSPS) is 11.4. The molecule has 1 aromatic rings. The highest BCUT2D eigenvalue weighted by Gasteiger charge is 2.25. The van der Waals surface area contributed by atoms with Crippen LogP contribution in [-0.4, -0.2) is 19.5 Å². The number of carbonyl (C=O) groups is 1. The summed E-state index contributed by atoms with van der Waals surface area (Å²) in [7, 11) is 1.65. The number of nitrogen functional groups attached to an aromatic ring is 1. The zero-order chi connectivity index (χ0) is 12.2. The summed E-state index contributed by atoms with van der Waals surface area (Å²) in [4.78, 5) is 12.6. The van der Waals surface area contributed by atoms with E-state index in [0.29, 0.717) is 13.1 Å². The summed E-state index contributed by atoms with van der Waals surface area (Å²) < 4.78 is 0. The summed E-state index contributed by atoms with van der Waals surface area (Å²) in [5.41, 5.74) is 6.18. The van der Waals surface area contributed by atoms with Gasteiger partial charge in [0.1, 0.15) is 0 Å². The molecule has 4 N–H and O–H groups in total. The van der Waals surface area contributed by atoms with Gasteiger partial charge >= 0.3 is 0 Å². The van der Waals surface area contributed by atoms with E-state index in [1.165, 1.54) is 0 Å². The maximum absolute atomic E-state index is 11.5. The molecular weight excluding hydrogens is 222 g/mol. The van der Waals surface area contributed by atoms with Crippen molar-refractivity contribution in [2.45, 2.75) is 20.4 Å². The first-order valence-electron chi connectivity index (χ1n) is 5.22. The number of thiophene rings is 1. The molecule has 5 heteroatoms. The highest BCUT2D eigenvalue weighted by molar-refractivity contribution is 7.10. The number of carbonyl (C=O) groups excluding carboxylic acids is 1. The molecule has 1 aromatic heterocycles. The third-order valence-electron chi connectivity index (χ3n) is 2.47. The fourth-order valence-electron chi connectivity index (χ4n) is 1.40. The molecule has 90 valence electrons. The first-order chi connectivity index (χ1) is 7.47. The molecule has 0 aromatic carbocycles. The Hall–Kier alpha value is -1.07. The summed E-state index contributed by atoms with van der Waals surface area (Å²) in [6.07, 6.45) is 0. The van der Waals surface area contributed by atoms with E-state index in [0.717, 1.165) is 10.6 Å². The van der Waals surface area contributed by atoms with Gasteiger partial charge in [-0.05, 0) is 25.3 Å². The first-order valence-corrected chi connectivity index (χ1v) is 6.10. The number of nitrogens with two attached hydrogens (primary N) is 1. The van der Waals surface area contributed by atoms with Gasteiger partial charge in [0.05, 0.1) is 5.41 Å². The zero-order valence-corrected chi connectivity index (χ0v) is 10.8. The molecule has 0 saturated carbocycles. The average molecular weight is 241 g/mol. The molecule has 16 heavy (non-hydrogen) atoms. The maximum Gasteiger partial charge on any atom is 0.226 e. The molecule has 1 heterocycles. The summed E-state index contributed by atoms with van der Waals surface area (Å²) >= 11 is 1.63. The van der Waals surface area contributed by atoms with E-state index in [1.807, 2.05) is 25.3 Å². The predicted octanol–water partition coefficient (Wildman–Crippen LogP) is 1.19. The van der Waals surface area contributed by atoms with Gasteiger partial charge in [0.2, 0.25) is 5.91 Å². The van der Waals surface area contributed by atoms with E-state index in [9.17, 15) is 4.79 Å². The van der Waals surface area contributed by atoms with Crippen molar-refractivity contribution < 1.29 is 4.79 Å². The standard InChI is InChI=1S/C11H19N3OS/c1-11(2,10(15)13-3)7-14-6-9-8(12)4-5-16-9/h4-5,14H,6-7,12H2,1-3H3,(H,13,15). The summed E-state index contributed by atoms with van der Waals surface area (Å²) in [6.45, 7) is 5.17. The largest absolute Gasteiger partial charge is 0.398 e. The molecule has 0 aliphatic carbocycles. The van der Waals surface area contributed by atoms with Crippen LogP contribution in [0, 0.1) is 5.41 Å². The van der Waals surface area contributed by atoms with E-state index in [2.05, 4.69) is 10.6 Å². The predicted molar refractivity (Wildman–Crippen MR) is 68.3 cm³/mol. The minimum atomic E-state index is -0.402. The molecule has 0 unspecified atom stereocenters. The van der Waals surface area contributed by atoms with E-state index in [1.54, 1.807) is 18.4 Å². The highest BCUT2D eigenvalue weighted by atomic mass is 32.1. The number of nitrogens with one attached hydrogen (secondary N) is 2. The van der Waals surface area contributed by atoms with E-state index in [-0.39, 0.29) is 5.91 Å². The molecular formula is C11H19N3OS. The fourth-order valence-corrected chi connectivity index (χ4v) is 2.17. The van der Waals surface area contributed by atoms with Gasteiger partial charge in [-0.1, -0.05) is 0 Å². The second-order valence-corrected chi connectivity index (χ2v) is 5.37. The third kappa shape index (κ3) is 3.21. The third-order valence-corrected chi connectivity index (χ3v) is 3.41. The molecule has 0 aliphatic rings. The van der Waals surface area contributed by atoms with Crippen molar-refractivity contribution >= 4 is 22.9 Å². The van der Waals surface area contributed by atoms with Crippen LogP contribution in [0.5, 0.6) is 0 Å². The Morgan fingerprint density at radius 1 is 1.56 bits per heavy atom. The minimum Gasteiger partial charge on any atom is -0.398 e. The average Bonchev–Trinajstić information content (AvgIpc) is 2.63. The van der Waals surface area contributed by atoms with Gasteiger partial charge < -0.3 is 16.4 Å². The lowest BCUT2D eigenvalue weighted by Gasteiger charge is -2.22. The molecule has 1 rings (SSSR count). The Morgan fingerprint density at radius 3 is 2.75 bits per heavy atom. The lowest BCUT2D eigenvalue weighted by Crippen LogP contribution is -2.41. The lowest BCUT2D eigenvalue weighted by atomic mass is 9.92. The second kappa shape index (κ2) is 5.32. The molecule has 0 radical (unpaired) electrons. The number of amides is 1. The van der Waals surface area contributed by atoms with Crippen molar-refractivity contribution in [2.24, 2.45) is 5.41 Å². The van der Waals surface area contributed by atoms with Crippen LogP contribution in [0.3, 0.4) is 0 Å². The Bertz CT molecular complexity index is 360. The van der Waals surface area contributed by atoms with Crippen LogP contribution in [0.1, 0.15) is 18.7 Å². The Morgan fingerprint density at radius 2 is 2.25 bits per heavy atom. The van der Waals surface area contributed by atoms with Crippen LogP contribution in [0.25, 0.3) is 0 Å². The van der Waals surface area contributed by atoms with Crippen molar-refractivity contribution in [1.29, 1.82) is 0 Å². The van der Waals surface area contributed by atoms with Gasteiger partial charge in [-0.3, -0.25) is 4.79 Å². The van der Waals surface area contributed by atoms with Gasteiger partial charge in [-0.15, -0.1) is 11.3 Å². The first kappa shape index (κ1) is 13.0. The quantitative estimate of drug-likeness (QED) is 0.725. The smallest absolute Gasteiger partial charge is 0.226 e. The fraction of sp³-hybridized carbons (Fsp3) is 0.545. The van der Waals surface area contributed by atoms with Crippen molar-refractivity contribution in [3.05, 3.63) is 16.3 Å². The van der Waals surface area contributed by atoms with E-state index < -0.39 is 5.41 Å². The number of hydrogen-bond donors (Lipinski definition) is 3. The van der Waals surface area contributed by atoms with E-state index in [4.69, 9.17) is 5.73 Å². The van der Waals surface area contributed by atoms with E-state index >= 15 is 0 Å². The molecule has 0 bridgehead atoms. The van der Waals surface area contributed by atoms with Gasteiger partial charge in [0.15, 0.2) is 0 Å². The van der Waals surface area contributed by atoms with Crippen LogP contribution in [0.2, 0.25) is 0 Å². The van der Waals surface area contributed by atoms with Crippen molar-refractivity contribution in [1.82, 2.24) is 10.6 Å². The Kier molecular flexibility index (Phi) is 4.32. The van der Waals surface area contributed by atoms with Crippen LogP contribution in [0.4, 0.5) is 5.69 Å². The number of rotatable bonds is 5. The van der Waals surface area contributed by atoms with Crippen LogP contribution >= 0.6 is 11.3 Å². The molecule has 0 spiro atoms. The van der Waals surface area contributed by atoms with Crippen molar-refractivity contribution in [3.63, 3.8) is 0 Å². The SMILES string of the molecule is CNC(=O)C(C)(C)CNCc1sccc1N. The van der Waals surface area contributed by atoms with Crippen molar-refractivity contribution in [3.8, 4) is 0 Å². The summed E-state index contributed by atoms with van der Waals surface area (Å²) in [6, 6.07) is 1.89. The number of anilines is 1. The molecule has 4 nitrogen and oxygen atoms in total. The monoisotopic (exact) mass is 241 g/mol. The Labute approximate surface area is 100 Å². The van der Waals surface area contributed by atoms with Gasteiger partial charge in [0, 0.05) is 30.7 Å². The molecule has 1 amide bonds. The zero-order valence-electron chi connectivity index (χ0n) is 9.96. The van der Waals surface area contributed by atoms with Gasteiger partial charge in [0.25, 0.3) is 0 Å². The lowest BCUT2D eigenvalue weighted by molar-refractivity contribution is -0.128.